The van der Waals surface area contributed by atoms with E-state index in [9.17, 15) is 4.79 Å². The molecule has 0 aliphatic rings. The summed E-state index contributed by atoms with van der Waals surface area (Å²) in [4.78, 5) is 12.0. The number of anilines is 1. The van der Waals surface area contributed by atoms with Gasteiger partial charge in [0.1, 0.15) is 0 Å². The van der Waals surface area contributed by atoms with E-state index in [0.717, 1.165) is 28.6 Å². The summed E-state index contributed by atoms with van der Waals surface area (Å²) in [5.41, 5.74) is 7.60. The quantitative estimate of drug-likeness (QED) is 0.785. The van der Waals surface area contributed by atoms with Crippen molar-refractivity contribution in [3.05, 3.63) is 28.2 Å². The molecule has 0 aliphatic heterocycles. The van der Waals surface area contributed by atoms with E-state index in [1.54, 1.807) is 0 Å². The fourth-order valence-electron chi connectivity index (χ4n) is 2.29. The summed E-state index contributed by atoms with van der Waals surface area (Å²) in [6.07, 6.45) is 2.44. The molecule has 1 unspecified atom stereocenters. The van der Waals surface area contributed by atoms with Crippen LogP contribution >= 0.6 is 15.9 Å². The fraction of sp³-hybridized carbons (Fsp3) is 0.562. The Balaban J connectivity index is 2.48. The SMILES string of the molecule is Cc1cc(NC(=O)CCC(CCN)C(C)C)ccc1Br. The predicted molar refractivity (Wildman–Crippen MR) is 88.7 cm³/mol. The lowest BCUT2D eigenvalue weighted by atomic mass is 9.88. The van der Waals surface area contributed by atoms with Crippen molar-refractivity contribution in [1.82, 2.24) is 0 Å². The van der Waals surface area contributed by atoms with Crippen molar-refractivity contribution in [3.63, 3.8) is 0 Å². The van der Waals surface area contributed by atoms with Crippen LogP contribution in [0.2, 0.25) is 0 Å². The highest BCUT2D eigenvalue weighted by Crippen LogP contribution is 2.22. The molecule has 1 aromatic rings. The Kier molecular flexibility index (Phi) is 7.24. The zero-order valence-electron chi connectivity index (χ0n) is 12.6. The molecule has 1 amide bonds. The summed E-state index contributed by atoms with van der Waals surface area (Å²) in [7, 11) is 0. The van der Waals surface area contributed by atoms with E-state index in [2.05, 4.69) is 35.1 Å². The Labute approximate surface area is 130 Å². The third-order valence-corrected chi connectivity index (χ3v) is 4.55. The number of carbonyl (C=O) groups is 1. The van der Waals surface area contributed by atoms with E-state index in [1.165, 1.54) is 0 Å². The number of benzene rings is 1. The van der Waals surface area contributed by atoms with Crippen LogP contribution in [0.15, 0.2) is 22.7 Å². The molecule has 0 aliphatic carbocycles. The molecule has 20 heavy (non-hydrogen) atoms. The molecule has 0 saturated carbocycles. The zero-order valence-corrected chi connectivity index (χ0v) is 14.2. The minimum absolute atomic E-state index is 0.0781. The number of nitrogens with one attached hydrogen (secondary N) is 1. The second-order valence-corrected chi connectivity index (χ2v) is 6.49. The van der Waals surface area contributed by atoms with Crippen LogP contribution in [-0.4, -0.2) is 12.5 Å². The first kappa shape index (κ1) is 17.2. The Hall–Kier alpha value is -0.870. The van der Waals surface area contributed by atoms with Gasteiger partial charge >= 0.3 is 0 Å². The second kappa shape index (κ2) is 8.42. The normalized spacial score (nSPS) is 12.5. The molecule has 0 aromatic heterocycles. The lowest BCUT2D eigenvalue weighted by Crippen LogP contribution is -2.18. The number of hydrogen-bond acceptors (Lipinski definition) is 2. The van der Waals surface area contributed by atoms with Gasteiger partial charge < -0.3 is 11.1 Å². The number of hydrogen-bond donors (Lipinski definition) is 2. The molecule has 0 spiro atoms. The molecule has 1 atom stereocenters. The zero-order chi connectivity index (χ0) is 15.1. The minimum atomic E-state index is 0.0781. The van der Waals surface area contributed by atoms with Crippen molar-refractivity contribution >= 4 is 27.5 Å². The van der Waals surface area contributed by atoms with Crippen molar-refractivity contribution in [2.75, 3.05) is 11.9 Å². The number of amides is 1. The Morgan fingerprint density at radius 1 is 1.35 bits per heavy atom. The molecule has 3 nitrogen and oxygen atoms in total. The molecule has 0 radical (unpaired) electrons. The van der Waals surface area contributed by atoms with E-state index < -0.39 is 0 Å². The maximum atomic E-state index is 12.0. The molecule has 0 fully saturated rings. The summed E-state index contributed by atoms with van der Waals surface area (Å²) in [6.45, 7) is 7.08. The maximum Gasteiger partial charge on any atom is 0.224 e. The fourth-order valence-corrected chi connectivity index (χ4v) is 2.53. The first-order valence-electron chi connectivity index (χ1n) is 7.20. The van der Waals surface area contributed by atoms with E-state index in [0.29, 0.717) is 24.8 Å². The van der Waals surface area contributed by atoms with Gasteiger partial charge in [0, 0.05) is 16.6 Å². The number of nitrogens with two attached hydrogens (primary N) is 1. The average Bonchev–Trinajstić information content (AvgIpc) is 2.38. The molecule has 1 aromatic carbocycles. The van der Waals surface area contributed by atoms with Crippen LogP contribution in [0.4, 0.5) is 5.69 Å². The molecule has 0 heterocycles. The monoisotopic (exact) mass is 340 g/mol. The van der Waals surface area contributed by atoms with Crippen molar-refractivity contribution in [2.45, 2.75) is 40.0 Å². The van der Waals surface area contributed by atoms with Crippen molar-refractivity contribution in [1.29, 1.82) is 0 Å². The molecule has 112 valence electrons. The van der Waals surface area contributed by atoms with Gasteiger partial charge in [-0.25, -0.2) is 0 Å². The van der Waals surface area contributed by atoms with Crippen LogP contribution in [-0.2, 0) is 4.79 Å². The molecule has 0 bridgehead atoms. The van der Waals surface area contributed by atoms with E-state index in [4.69, 9.17) is 5.73 Å². The Morgan fingerprint density at radius 2 is 2.05 bits per heavy atom. The van der Waals surface area contributed by atoms with Gasteiger partial charge in [0.15, 0.2) is 0 Å². The van der Waals surface area contributed by atoms with Crippen LogP contribution in [0.3, 0.4) is 0 Å². The standard InChI is InChI=1S/C16H25BrN2O/c1-11(2)13(8-9-18)4-7-16(20)19-14-5-6-15(17)12(3)10-14/h5-6,10-11,13H,4,7-9,18H2,1-3H3,(H,19,20). The highest BCUT2D eigenvalue weighted by atomic mass is 79.9. The number of carbonyl (C=O) groups excluding carboxylic acids is 1. The van der Waals surface area contributed by atoms with Crippen LogP contribution in [0.1, 0.15) is 38.7 Å². The van der Waals surface area contributed by atoms with E-state index in [1.807, 2.05) is 25.1 Å². The third kappa shape index (κ3) is 5.63. The molecule has 4 heteroatoms. The predicted octanol–water partition coefficient (Wildman–Crippen LogP) is 4.10. The number of rotatable bonds is 7. The highest BCUT2D eigenvalue weighted by molar-refractivity contribution is 9.10. The lowest BCUT2D eigenvalue weighted by Gasteiger charge is -2.19. The minimum Gasteiger partial charge on any atom is -0.330 e. The van der Waals surface area contributed by atoms with Gasteiger partial charge in [0.25, 0.3) is 0 Å². The van der Waals surface area contributed by atoms with Gasteiger partial charge in [0.2, 0.25) is 5.91 Å². The first-order chi connectivity index (χ1) is 9.43. The third-order valence-electron chi connectivity index (χ3n) is 3.66. The Morgan fingerprint density at radius 3 is 2.60 bits per heavy atom. The number of halogens is 1. The van der Waals surface area contributed by atoms with Gasteiger partial charge in [-0.2, -0.15) is 0 Å². The van der Waals surface area contributed by atoms with Crippen LogP contribution in [0.5, 0.6) is 0 Å². The molecular weight excluding hydrogens is 316 g/mol. The summed E-state index contributed by atoms with van der Waals surface area (Å²) < 4.78 is 1.05. The van der Waals surface area contributed by atoms with Crippen LogP contribution < -0.4 is 11.1 Å². The van der Waals surface area contributed by atoms with Crippen LogP contribution in [0.25, 0.3) is 0 Å². The van der Waals surface area contributed by atoms with E-state index >= 15 is 0 Å². The van der Waals surface area contributed by atoms with Gasteiger partial charge in [-0.05, 0) is 61.9 Å². The molecular formula is C16H25BrN2O. The maximum absolute atomic E-state index is 12.0. The molecule has 3 N–H and O–H groups in total. The van der Waals surface area contributed by atoms with Gasteiger partial charge in [-0.15, -0.1) is 0 Å². The smallest absolute Gasteiger partial charge is 0.224 e. The van der Waals surface area contributed by atoms with E-state index in [-0.39, 0.29) is 5.91 Å². The average molecular weight is 341 g/mol. The van der Waals surface area contributed by atoms with Gasteiger partial charge in [-0.3, -0.25) is 4.79 Å². The highest BCUT2D eigenvalue weighted by Gasteiger charge is 2.14. The lowest BCUT2D eigenvalue weighted by molar-refractivity contribution is -0.116. The van der Waals surface area contributed by atoms with Crippen molar-refractivity contribution in [2.24, 2.45) is 17.6 Å². The summed E-state index contributed by atoms with van der Waals surface area (Å²) in [5, 5.41) is 2.96. The molecule has 0 saturated heterocycles. The Bertz CT molecular complexity index is 446. The van der Waals surface area contributed by atoms with Gasteiger partial charge in [0.05, 0.1) is 0 Å². The summed E-state index contributed by atoms with van der Waals surface area (Å²) in [5.74, 6) is 1.17. The summed E-state index contributed by atoms with van der Waals surface area (Å²) >= 11 is 3.45. The largest absolute Gasteiger partial charge is 0.330 e. The van der Waals surface area contributed by atoms with Crippen LogP contribution in [0, 0.1) is 18.8 Å². The summed E-state index contributed by atoms with van der Waals surface area (Å²) in [6, 6.07) is 5.84. The first-order valence-corrected chi connectivity index (χ1v) is 7.99. The topological polar surface area (TPSA) is 55.1 Å². The number of aryl methyl sites for hydroxylation is 1. The second-order valence-electron chi connectivity index (χ2n) is 5.63. The van der Waals surface area contributed by atoms with Crippen molar-refractivity contribution in [3.8, 4) is 0 Å². The molecule has 1 rings (SSSR count). The van der Waals surface area contributed by atoms with Crippen molar-refractivity contribution < 1.29 is 4.79 Å². The van der Waals surface area contributed by atoms with Gasteiger partial charge in [-0.1, -0.05) is 29.8 Å².